The maximum absolute atomic E-state index is 13.0. The van der Waals surface area contributed by atoms with E-state index in [1.54, 1.807) is 11.3 Å². The van der Waals surface area contributed by atoms with Crippen molar-refractivity contribution < 1.29 is 4.79 Å². The van der Waals surface area contributed by atoms with Crippen LogP contribution in [0.15, 0.2) is 24.3 Å². The third kappa shape index (κ3) is 3.69. The quantitative estimate of drug-likeness (QED) is 0.902. The Morgan fingerprint density at radius 2 is 1.81 bits per heavy atom. The molecule has 3 heterocycles. The number of rotatable bonds is 3. The minimum atomic E-state index is 0.259. The highest BCUT2D eigenvalue weighted by molar-refractivity contribution is 7.12. The number of aromatic nitrogens is 1. The smallest absolute Gasteiger partial charge is 0.227 e. The first kappa shape index (κ1) is 17.7. The molecular formula is C21H27N3OS. The molecule has 1 aromatic carbocycles. The van der Waals surface area contributed by atoms with Crippen LogP contribution in [0.2, 0.25) is 0 Å². The molecule has 0 bridgehead atoms. The van der Waals surface area contributed by atoms with E-state index in [0.29, 0.717) is 6.42 Å². The predicted octanol–water partition coefficient (Wildman–Crippen LogP) is 3.43. The first-order valence-electron chi connectivity index (χ1n) is 9.62. The van der Waals surface area contributed by atoms with E-state index in [9.17, 15) is 4.79 Å². The second-order valence-corrected chi connectivity index (χ2v) is 8.97. The van der Waals surface area contributed by atoms with Crippen molar-refractivity contribution in [2.24, 2.45) is 11.8 Å². The van der Waals surface area contributed by atoms with E-state index in [4.69, 9.17) is 4.98 Å². The largest absolute Gasteiger partial charge is 0.342 e. The lowest BCUT2D eigenvalue weighted by Gasteiger charge is -2.21. The fourth-order valence-corrected chi connectivity index (χ4v) is 5.19. The first-order valence-corrected chi connectivity index (χ1v) is 10.4. The highest BCUT2D eigenvalue weighted by Gasteiger charge is 2.31. The number of hydrogen-bond acceptors (Lipinski definition) is 4. The topological polar surface area (TPSA) is 45.2 Å². The summed E-state index contributed by atoms with van der Waals surface area (Å²) in [4.78, 5) is 20.9. The number of carbonyl (C=O) groups excluding carboxylic acids is 1. The molecule has 0 saturated carbocycles. The molecule has 0 spiro atoms. The van der Waals surface area contributed by atoms with Gasteiger partial charge in [0.25, 0.3) is 0 Å². The van der Waals surface area contributed by atoms with Crippen LogP contribution in [0.3, 0.4) is 0 Å². The summed E-state index contributed by atoms with van der Waals surface area (Å²) in [7, 11) is 0. The zero-order chi connectivity index (χ0) is 18.1. The van der Waals surface area contributed by atoms with E-state index in [0.717, 1.165) is 72.0 Å². The Morgan fingerprint density at radius 3 is 2.46 bits per heavy atom. The van der Waals surface area contributed by atoms with Crippen molar-refractivity contribution in [1.29, 1.82) is 0 Å². The Kier molecular flexibility index (Phi) is 5.09. The third-order valence-electron chi connectivity index (χ3n) is 5.81. The van der Waals surface area contributed by atoms with Gasteiger partial charge >= 0.3 is 0 Å². The van der Waals surface area contributed by atoms with E-state index in [1.807, 2.05) is 6.92 Å². The Labute approximate surface area is 159 Å². The van der Waals surface area contributed by atoms with Crippen molar-refractivity contribution in [3.05, 3.63) is 39.7 Å². The number of carbonyl (C=O) groups is 1. The van der Waals surface area contributed by atoms with Gasteiger partial charge in [0, 0.05) is 23.5 Å². The van der Waals surface area contributed by atoms with E-state index in [1.165, 1.54) is 5.56 Å². The summed E-state index contributed by atoms with van der Waals surface area (Å²) in [5, 5.41) is 4.53. The number of nitrogens with zero attached hydrogens (tertiary/aromatic N) is 2. The molecule has 4 rings (SSSR count). The Morgan fingerprint density at radius 1 is 1.15 bits per heavy atom. The monoisotopic (exact) mass is 369 g/mol. The van der Waals surface area contributed by atoms with Crippen LogP contribution in [0, 0.1) is 25.7 Å². The molecule has 2 aliphatic rings. The van der Waals surface area contributed by atoms with Gasteiger partial charge in [-0.3, -0.25) is 4.79 Å². The van der Waals surface area contributed by atoms with Gasteiger partial charge in [0.2, 0.25) is 5.91 Å². The average Bonchev–Trinajstić information content (AvgIpc) is 3.16. The molecule has 4 nitrogen and oxygen atoms in total. The SMILES string of the molecule is Cc1ccc(-c2nc(C)sc2CC(=O)N2CC[C@@H]3CNC[C@@H]3CC2)cc1. The molecule has 1 amide bonds. The van der Waals surface area contributed by atoms with Crippen LogP contribution in [0.25, 0.3) is 11.3 Å². The summed E-state index contributed by atoms with van der Waals surface area (Å²) >= 11 is 1.66. The molecule has 0 radical (unpaired) electrons. The van der Waals surface area contributed by atoms with Crippen LogP contribution in [0.1, 0.15) is 28.3 Å². The van der Waals surface area contributed by atoms with Gasteiger partial charge in [0.1, 0.15) is 0 Å². The van der Waals surface area contributed by atoms with E-state index in [-0.39, 0.29) is 5.91 Å². The predicted molar refractivity (Wildman–Crippen MR) is 106 cm³/mol. The number of thiazole rings is 1. The molecule has 0 aliphatic carbocycles. The van der Waals surface area contributed by atoms with Crippen molar-refractivity contribution in [3.8, 4) is 11.3 Å². The molecule has 2 aromatic rings. The molecule has 5 heteroatoms. The molecule has 1 aromatic heterocycles. The standard InChI is InChI=1S/C21H27N3OS/c1-14-3-5-16(6-4-14)21-19(26-15(2)23-21)11-20(25)24-9-7-17-12-22-13-18(17)8-10-24/h3-6,17-18,22H,7-13H2,1-2H3/t17-,18+. The molecule has 2 atom stereocenters. The van der Waals surface area contributed by atoms with Gasteiger partial charge in [-0.2, -0.15) is 0 Å². The lowest BCUT2D eigenvalue weighted by atomic mass is 9.92. The van der Waals surface area contributed by atoms with Gasteiger partial charge in [0.05, 0.1) is 17.1 Å². The number of aryl methyl sites for hydroxylation is 2. The van der Waals surface area contributed by atoms with E-state index < -0.39 is 0 Å². The summed E-state index contributed by atoms with van der Waals surface area (Å²) in [6, 6.07) is 8.43. The first-order chi connectivity index (χ1) is 12.6. The van der Waals surface area contributed by atoms with Crippen molar-refractivity contribution in [1.82, 2.24) is 15.2 Å². The number of nitrogens with one attached hydrogen (secondary N) is 1. The maximum atomic E-state index is 13.0. The highest BCUT2D eigenvalue weighted by atomic mass is 32.1. The zero-order valence-electron chi connectivity index (χ0n) is 15.6. The van der Waals surface area contributed by atoms with Gasteiger partial charge in [0.15, 0.2) is 0 Å². The number of likely N-dealkylation sites (tertiary alicyclic amines) is 1. The second-order valence-electron chi connectivity index (χ2n) is 7.68. The van der Waals surface area contributed by atoms with Crippen molar-refractivity contribution in [2.75, 3.05) is 26.2 Å². The number of amides is 1. The lowest BCUT2D eigenvalue weighted by molar-refractivity contribution is -0.130. The summed E-state index contributed by atoms with van der Waals surface area (Å²) in [6.07, 6.45) is 2.74. The molecule has 2 fully saturated rings. The van der Waals surface area contributed by atoms with Gasteiger partial charge in [-0.15, -0.1) is 11.3 Å². The normalized spacial score (nSPS) is 22.9. The van der Waals surface area contributed by atoms with Gasteiger partial charge in [-0.1, -0.05) is 29.8 Å². The summed E-state index contributed by atoms with van der Waals surface area (Å²) in [5.74, 6) is 1.76. The van der Waals surface area contributed by atoms with E-state index >= 15 is 0 Å². The molecule has 0 unspecified atom stereocenters. The van der Waals surface area contributed by atoms with Crippen molar-refractivity contribution in [2.45, 2.75) is 33.1 Å². The number of fused-ring (bicyclic) bond motifs is 1. The van der Waals surface area contributed by atoms with Crippen LogP contribution in [-0.4, -0.2) is 42.0 Å². The van der Waals surface area contributed by atoms with Gasteiger partial charge in [-0.05, 0) is 51.6 Å². The average molecular weight is 370 g/mol. The summed E-state index contributed by atoms with van der Waals surface area (Å²) in [5.41, 5.74) is 3.33. The summed E-state index contributed by atoms with van der Waals surface area (Å²) < 4.78 is 0. The third-order valence-corrected chi connectivity index (χ3v) is 6.78. The number of benzene rings is 1. The molecule has 2 saturated heterocycles. The molecule has 26 heavy (non-hydrogen) atoms. The molecule has 1 N–H and O–H groups in total. The summed E-state index contributed by atoms with van der Waals surface area (Å²) in [6.45, 7) is 8.16. The van der Waals surface area contributed by atoms with Gasteiger partial charge in [-0.25, -0.2) is 4.98 Å². The zero-order valence-corrected chi connectivity index (χ0v) is 16.4. The molecular weight excluding hydrogens is 342 g/mol. The molecule has 138 valence electrons. The number of hydrogen-bond donors (Lipinski definition) is 1. The minimum absolute atomic E-state index is 0.259. The Bertz CT molecular complexity index is 769. The van der Waals surface area contributed by atoms with Crippen LogP contribution in [-0.2, 0) is 11.2 Å². The fraction of sp³-hybridized carbons (Fsp3) is 0.524. The van der Waals surface area contributed by atoms with Gasteiger partial charge < -0.3 is 10.2 Å². The van der Waals surface area contributed by atoms with Crippen LogP contribution in [0.5, 0.6) is 0 Å². The van der Waals surface area contributed by atoms with Crippen LogP contribution >= 0.6 is 11.3 Å². The molecule has 2 aliphatic heterocycles. The van der Waals surface area contributed by atoms with Crippen LogP contribution < -0.4 is 5.32 Å². The highest BCUT2D eigenvalue weighted by Crippen LogP contribution is 2.31. The minimum Gasteiger partial charge on any atom is -0.342 e. The Hall–Kier alpha value is -1.72. The second kappa shape index (κ2) is 7.49. The van der Waals surface area contributed by atoms with Crippen molar-refractivity contribution >= 4 is 17.2 Å². The van der Waals surface area contributed by atoms with E-state index in [2.05, 4.69) is 41.4 Å². The Balaban J connectivity index is 1.48. The fourth-order valence-electron chi connectivity index (χ4n) is 4.24. The van der Waals surface area contributed by atoms with Crippen molar-refractivity contribution in [3.63, 3.8) is 0 Å². The van der Waals surface area contributed by atoms with Crippen LogP contribution in [0.4, 0.5) is 0 Å². The maximum Gasteiger partial charge on any atom is 0.227 e. The lowest BCUT2D eigenvalue weighted by Crippen LogP contribution is -2.33.